The summed E-state index contributed by atoms with van der Waals surface area (Å²) in [6, 6.07) is 0. The Morgan fingerprint density at radius 2 is 2.25 bits per heavy atom. The van der Waals surface area contributed by atoms with Crippen LogP contribution < -0.4 is 0 Å². The third-order valence-electron chi connectivity index (χ3n) is 3.03. The van der Waals surface area contributed by atoms with Crippen LogP contribution in [-0.2, 0) is 9.47 Å². The van der Waals surface area contributed by atoms with Gasteiger partial charge in [-0.3, -0.25) is 0 Å². The highest BCUT2D eigenvalue weighted by atomic mass is 16.7. The Morgan fingerprint density at radius 3 is 3.00 bits per heavy atom. The van der Waals surface area contributed by atoms with E-state index in [1.54, 1.807) is 7.11 Å². The van der Waals surface area contributed by atoms with Crippen LogP contribution in [0.1, 0.15) is 32.1 Å². The molecule has 2 saturated heterocycles. The average molecular weight is 172 g/mol. The molecule has 3 heteroatoms. The van der Waals surface area contributed by atoms with Crippen molar-refractivity contribution in [3.63, 3.8) is 0 Å². The molecule has 2 fully saturated rings. The molecule has 0 aliphatic carbocycles. The lowest BCUT2D eigenvalue weighted by molar-refractivity contribution is -0.308. The van der Waals surface area contributed by atoms with Crippen molar-refractivity contribution in [3.8, 4) is 0 Å². The fraction of sp³-hybridized carbons (Fsp3) is 1.00. The Morgan fingerprint density at radius 1 is 1.42 bits per heavy atom. The maximum atomic E-state index is 9.55. The van der Waals surface area contributed by atoms with Crippen molar-refractivity contribution in [3.05, 3.63) is 0 Å². The summed E-state index contributed by atoms with van der Waals surface area (Å²) in [6.07, 6.45) is 4.47. The lowest BCUT2D eigenvalue weighted by atomic mass is 9.87. The fourth-order valence-electron chi connectivity index (χ4n) is 2.23. The van der Waals surface area contributed by atoms with Crippen LogP contribution in [-0.4, -0.2) is 30.2 Å². The third kappa shape index (κ3) is 1.26. The summed E-state index contributed by atoms with van der Waals surface area (Å²) in [5.74, 6) is -0.359. The lowest BCUT2D eigenvalue weighted by Crippen LogP contribution is -2.51. The van der Waals surface area contributed by atoms with E-state index in [0.717, 1.165) is 32.1 Å². The topological polar surface area (TPSA) is 38.7 Å². The molecule has 0 unspecified atom stereocenters. The summed E-state index contributed by atoms with van der Waals surface area (Å²) in [7, 11) is 1.69. The molecule has 70 valence electrons. The zero-order chi connectivity index (χ0) is 8.60. The van der Waals surface area contributed by atoms with Crippen molar-refractivity contribution in [2.75, 3.05) is 7.11 Å². The van der Waals surface area contributed by atoms with Crippen molar-refractivity contribution in [1.29, 1.82) is 0 Å². The quantitative estimate of drug-likeness (QED) is 0.642. The molecule has 2 aliphatic rings. The maximum Gasteiger partial charge on any atom is 0.168 e. The Kier molecular flexibility index (Phi) is 2.10. The van der Waals surface area contributed by atoms with Gasteiger partial charge in [-0.15, -0.1) is 0 Å². The molecule has 0 radical (unpaired) electrons. The first kappa shape index (κ1) is 8.48. The molecule has 0 saturated carbocycles. The summed E-state index contributed by atoms with van der Waals surface area (Å²) < 4.78 is 11.1. The number of ether oxygens (including phenoxy) is 2. The highest BCUT2D eigenvalue weighted by Crippen LogP contribution is 2.39. The highest BCUT2D eigenvalue weighted by Gasteiger charge is 2.44. The minimum Gasteiger partial charge on any atom is -0.390 e. The summed E-state index contributed by atoms with van der Waals surface area (Å²) in [5, 5.41) is 9.55. The minimum absolute atomic E-state index is 0.0208. The van der Waals surface area contributed by atoms with Gasteiger partial charge in [-0.2, -0.15) is 0 Å². The highest BCUT2D eigenvalue weighted by molar-refractivity contribution is 4.88. The number of rotatable bonds is 1. The Hall–Kier alpha value is -0.120. The Bertz CT molecular complexity index is 171. The van der Waals surface area contributed by atoms with Crippen LogP contribution >= 0.6 is 0 Å². The first-order valence-electron chi connectivity index (χ1n) is 4.67. The summed E-state index contributed by atoms with van der Waals surface area (Å²) in [5.41, 5.74) is 0. The molecule has 3 atom stereocenters. The molecular formula is C9H16O3. The molecule has 1 N–H and O–H groups in total. The third-order valence-corrected chi connectivity index (χ3v) is 3.03. The van der Waals surface area contributed by atoms with E-state index < -0.39 is 0 Å². The molecule has 2 bridgehead atoms. The van der Waals surface area contributed by atoms with Gasteiger partial charge < -0.3 is 14.6 Å². The van der Waals surface area contributed by atoms with Crippen LogP contribution in [0.3, 0.4) is 0 Å². The van der Waals surface area contributed by atoms with E-state index in [-0.39, 0.29) is 18.0 Å². The first-order valence-corrected chi connectivity index (χ1v) is 4.67. The molecule has 0 aromatic rings. The van der Waals surface area contributed by atoms with Crippen LogP contribution in [0.4, 0.5) is 0 Å². The summed E-state index contributed by atoms with van der Waals surface area (Å²) >= 11 is 0. The molecule has 0 aromatic heterocycles. The molecule has 2 aliphatic heterocycles. The van der Waals surface area contributed by atoms with Crippen LogP contribution in [0.2, 0.25) is 0 Å². The van der Waals surface area contributed by atoms with E-state index in [0.29, 0.717) is 0 Å². The number of aliphatic hydroxyl groups excluding tert-OH is 1. The molecule has 12 heavy (non-hydrogen) atoms. The van der Waals surface area contributed by atoms with Gasteiger partial charge in [-0.1, -0.05) is 0 Å². The SMILES string of the molecule is CO[C@@]12CCC[C@@H](O1)[C@H](O)CC2. The fourth-order valence-corrected chi connectivity index (χ4v) is 2.23. The predicted octanol–water partition coefficient (Wildman–Crippen LogP) is 1.05. The second-order valence-electron chi connectivity index (χ2n) is 3.77. The zero-order valence-corrected chi connectivity index (χ0v) is 7.45. The van der Waals surface area contributed by atoms with E-state index >= 15 is 0 Å². The van der Waals surface area contributed by atoms with E-state index in [1.807, 2.05) is 0 Å². The lowest BCUT2D eigenvalue weighted by Gasteiger charge is -2.46. The van der Waals surface area contributed by atoms with Crippen molar-refractivity contribution >= 4 is 0 Å². The van der Waals surface area contributed by atoms with Crippen molar-refractivity contribution < 1.29 is 14.6 Å². The monoisotopic (exact) mass is 172 g/mol. The van der Waals surface area contributed by atoms with Gasteiger partial charge in [0.25, 0.3) is 0 Å². The van der Waals surface area contributed by atoms with Gasteiger partial charge in [0.2, 0.25) is 0 Å². The van der Waals surface area contributed by atoms with Crippen molar-refractivity contribution in [2.24, 2.45) is 0 Å². The molecule has 0 amide bonds. The Labute approximate surface area is 72.7 Å². The maximum absolute atomic E-state index is 9.55. The van der Waals surface area contributed by atoms with Crippen LogP contribution in [0, 0.1) is 0 Å². The normalized spacial score (nSPS) is 47.5. The number of hydrogen-bond donors (Lipinski definition) is 1. The van der Waals surface area contributed by atoms with Gasteiger partial charge in [0.05, 0.1) is 12.2 Å². The van der Waals surface area contributed by atoms with Gasteiger partial charge in [0, 0.05) is 20.0 Å². The molecular weight excluding hydrogens is 156 g/mol. The van der Waals surface area contributed by atoms with Gasteiger partial charge in [0.15, 0.2) is 5.79 Å². The largest absolute Gasteiger partial charge is 0.390 e. The van der Waals surface area contributed by atoms with E-state index in [9.17, 15) is 5.11 Å². The number of fused-ring (bicyclic) bond motifs is 2. The number of hydrogen-bond acceptors (Lipinski definition) is 3. The smallest absolute Gasteiger partial charge is 0.168 e. The van der Waals surface area contributed by atoms with Crippen molar-refractivity contribution in [1.82, 2.24) is 0 Å². The molecule has 3 nitrogen and oxygen atoms in total. The van der Waals surface area contributed by atoms with Gasteiger partial charge in [-0.25, -0.2) is 0 Å². The van der Waals surface area contributed by atoms with E-state index in [4.69, 9.17) is 9.47 Å². The van der Waals surface area contributed by atoms with Crippen LogP contribution in [0.25, 0.3) is 0 Å². The van der Waals surface area contributed by atoms with E-state index in [2.05, 4.69) is 0 Å². The average Bonchev–Trinajstić information content (AvgIpc) is 2.13. The molecule has 2 rings (SSSR count). The predicted molar refractivity (Wildman–Crippen MR) is 43.7 cm³/mol. The van der Waals surface area contributed by atoms with Crippen LogP contribution in [0.15, 0.2) is 0 Å². The second-order valence-corrected chi connectivity index (χ2v) is 3.77. The van der Waals surface area contributed by atoms with E-state index in [1.165, 1.54) is 0 Å². The van der Waals surface area contributed by atoms with Gasteiger partial charge in [0.1, 0.15) is 0 Å². The second kappa shape index (κ2) is 2.98. The standard InChI is InChI=1S/C9H16O3/c1-11-9-5-2-3-8(12-9)7(10)4-6-9/h7-8,10H,2-6H2,1H3/t7-,8-,9+/m1/s1. The Balaban J connectivity index is 2.09. The molecule has 2 heterocycles. The molecule has 0 spiro atoms. The van der Waals surface area contributed by atoms with Crippen LogP contribution in [0.5, 0.6) is 0 Å². The number of methoxy groups -OCH3 is 1. The minimum atomic E-state index is -0.359. The zero-order valence-electron chi connectivity index (χ0n) is 7.45. The van der Waals surface area contributed by atoms with Gasteiger partial charge >= 0.3 is 0 Å². The first-order chi connectivity index (χ1) is 5.76. The number of aliphatic hydroxyl groups is 1. The summed E-state index contributed by atoms with van der Waals surface area (Å²) in [4.78, 5) is 0. The molecule has 0 aromatic carbocycles. The van der Waals surface area contributed by atoms with Gasteiger partial charge in [-0.05, 0) is 19.3 Å². The van der Waals surface area contributed by atoms with Crippen molar-refractivity contribution in [2.45, 2.75) is 50.1 Å². The summed E-state index contributed by atoms with van der Waals surface area (Å²) in [6.45, 7) is 0.